The third kappa shape index (κ3) is 2.74. The SMILES string of the molecule is Cn1c(=O)oc2ccc(-c3ccc4sc(CC(N)C#N)cc4c3)cc21. The highest BCUT2D eigenvalue weighted by atomic mass is 32.1. The number of nitrogens with two attached hydrogens (primary N) is 1. The minimum atomic E-state index is -0.475. The molecular weight excluding hydrogens is 334 g/mol. The maximum Gasteiger partial charge on any atom is 0.419 e. The molecule has 0 radical (unpaired) electrons. The van der Waals surface area contributed by atoms with Gasteiger partial charge in [0.15, 0.2) is 5.58 Å². The molecule has 0 aliphatic carbocycles. The first-order chi connectivity index (χ1) is 12.0. The summed E-state index contributed by atoms with van der Waals surface area (Å²) in [5.41, 5.74) is 9.17. The number of aryl methyl sites for hydroxylation is 1. The van der Waals surface area contributed by atoms with Crippen LogP contribution in [0.3, 0.4) is 0 Å². The lowest BCUT2D eigenvalue weighted by Gasteiger charge is -2.02. The van der Waals surface area contributed by atoms with Gasteiger partial charge in [-0.05, 0) is 46.8 Å². The lowest BCUT2D eigenvalue weighted by molar-refractivity contribution is 0.528. The van der Waals surface area contributed by atoms with E-state index >= 15 is 0 Å². The molecule has 1 atom stereocenters. The number of hydrogen-bond acceptors (Lipinski definition) is 5. The molecule has 0 spiro atoms. The minimum Gasteiger partial charge on any atom is -0.408 e. The topological polar surface area (TPSA) is 84.9 Å². The molecule has 0 aliphatic heterocycles. The first kappa shape index (κ1) is 15.6. The van der Waals surface area contributed by atoms with Gasteiger partial charge >= 0.3 is 5.76 Å². The van der Waals surface area contributed by atoms with Crippen LogP contribution in [-0.2, 0) is 13.5 Å². The third-order valence-electron chi connectivity index (χ3n) is 4.28. The van der Waals surface area contributed by atoms with Crippen molar-refractivity contribution in [2.45, 2.75) is 12.5 Å². The summed E-state index contributed by atoms with van der Waals surface area (Å²) in [5, 5.41) is 10.0. The standard InChI is InChI=1S/C19H15N3O2S/c1-22-16-8-12(2-4-17(16)24-19(22)23)11-3-5-18-13(6-11)7-15(25-18)9-14(21)10-20/h2-8,14H,9,21H2,1H3. The van der Waals surface area contributed by atoms with Crippen LogP contribution in [0.5, 0.6) is 0 Å². The Bertz CT molecular complexity index is 1190. The molecular formula is C19H15N3O2S. The van der Waals surface area contributed by atoms with E-state index in [-0.39, 0.29) is 5.76 Å². The Morgan fingerprint density at radius 2 is 2.00 bits per heavy atom. The van der Waals surface area contributed by atoms with Crippen molar-refractivity contribution in [1.29, 1.82) is 5.26 Å². The van der Waals surface area contributed by atoms with Crippen molar-refractivity contribution in [2.24, 2.45) is 12.8 Å². The van der Waals surface area contributed by atoms with Crippen LogP contribution < -0.4 is 11.5 Å². The van der Waals surface area contributed by atoms with E-state index in [0.717, 1.165) is 26.9 Å². The second-order valence-electron chi connectivity index (χ2n) is 6.01. The van der Waals surface area contributed by atoms with Crippen molar-refractivity contribution in [3.63, 3.8) is 0 Å². The van der Waals surface area contributed by atoms with E-state index in [2.05, 4.69) is 30.3 Å². The van der Waals surface area contributed by atoms with Crippen LogP contribution in [0, 0.1) is 11.3 Å². The molecule has 0 aliphatic rings. The summed E-state index contributed by atoms with van der Waals surface area (Å²) in [7, 11) is 1.70. The first-order valence-corrected chi connectivity index (χ1v) is 8.64. The molecule has 5 nitrogen and oxygen atoms in total. The zero-order valence-electron chi connectivity index (χ0n) is 13.5. The zero-order valence-corrected chi connectivity index (χ0v) is 14.3. The Morgan fingerprint density at radius 1 is 1.24 bits per heavy atom. The molecule has 2 heterocycles. The van der Waals surface area contributed by atoms with Crippen LogP contribution in [0.4, 0.5) is 0 Å². The number of aromatic nitrogens is 1. The Morgan fingerprint density at radius 3 is 2.80 bits per heavy atom. The number of oxazole rings is 1. The molecule has 25 heavy (non-hydrogen) atoms. The van der Waals surface area contributed by atoms with E-state index in [1.807, 2.05) is 18.2 Å². The molecule has 2 N–H and O–H groups in total. The van der Waals surface area contributed by atoms with Crippen molar-refractivity contribution in [1.82, 2.24) is 4.57 Å². The lowest BCUT2D eigenvalue weighted by atomic mass is 10.0. The van der Waals surface area contributed by atoms with Crippen LogP contribution >= 0.6 is 11.3 Å². The molecule has 2 aromatic carbocycles. The minimum absolute atomic E-state index is 0.362. The molecule has 0 amide bonds. The van der Waals surface area contributed by atoms with Crippen molar-refractivity contribution >= 4 is 32.5 Å². The smallest absolute Gasteiger partial charge is 0.408 e. The molecule has 1 unspecified atom stereocenters. The molecule has 2 aromatic heterocycles. The summed E-state index contributed by atoms with van der Waals surface area (Å²) in [6.07, 6.45) is 0.564. The van der Waals surface area contributed by atoms with Crippen molar-refractivity contribution in [2.75, 3.05) is 0 Å². The number of hydrogen-bond donors (Lipinski definition) is 1. The number of benzene rings is 2. The van der Waals surface area contributed by atoms with E-state index < -0.39 is 6.04 Å². The van der Waals surface area contributed by atoms with E-state index in [0.29, 0.717) is 12.0 Å². The van der Waals surface area contributed by atoms with Gasteiger partial charge in [-0.25, -0.2) is 4.79 Å². The van der Waals surface area contributed by atoms with Gasteiger partial charge in [-0.2, -0.15) is 5.26 Å². The predicted octanol–water partition coefficient (Wildman–Crippen LogP) is 3.41. The highest BCUT2D eigenvalue weighted by Gasteiger charge is 2.10. The highest BCUT2D eigenvalue weighted by molar-refractivity contribution is 7.19. The number of thiophene rings is 1. The van der Waals surface area contributed by atoms with E-state index in [1.165, 1.54) is 9.27 Å². The van der Waals surface area contributed by atoms with Gasteiger partial charge in [0.2, 0.25) is 0 Å². The van der Waals surface area contributed by atoms with Gasteiger partial charge < -0.3 is 10.2 Å². The van der Waals surface area contributed by atoms with Crippen molar-refractivity contribution in [3.8, 4) is 17.2 Å². The van der Waals surface area contributed by atoms with Crippen LogP contribution in [0.1, 0.15) is 4.88 Å². The van der Waals surface area contributed by atoms with Gasteiger partial charge in [-0.1, -0.05) is 12.1 Å². The fourth-order valence-electron chi connectivity index (χ4n) is 2.95. The predicted molar refractivity (Wildman–Crippen MR) is 99.6 cm³/mol. The molecule has 0 bridgehead atoms. The fraction of sp³-hybridized carbons (Fsp3) is 0.158. The Labute approximate surface area is 147 Å². The number of nitrogens with zero attached hydrogens (tertiary/aromatic N) is 2. The summed E-state index contributed by atoms with van der Waals surface area (Å²) in [4.78, 5) is 12.7. The fourth-order valence-corrected chi connectivity index (χ4v) is 4.05. The van der Waals surface area contributed by atoms with Crippen LogP contribution in [0.15, 0.2) is 51.7 Å². The lowest BCUT2D eigenvalue weighted by Crippen LogP contribution is -2.19. The van der Waals surface area contributed by atoms with E-state index in [1.54, 1.807) is 18.4 Å². The second-order valence-corrected chi connectivity index (χ2v) is 7.18. The molecule has 124 valence electrons. The molecule has 0 fully saturated rings. The van der Waals surface area contributed by atoms with Crippen LogP contribution in [-0.4, -0.2) is 10.6 Å². The maximum atomic E-state index is 11.6. The second kappa shape index (κ2) is 5.88. The Balaban J connectivity index is 1.77. The maximum absolute atomic E-state index is 11.6. The van der Waals surface area contributed by atoms with E-state index in [9.17, 15) is 4.79 Å². The number of rotatable bonds is 3. The molecule has 0 saturated heterocycles. The summed E-state index contributed by atoms with van der Waals surface area (Å²) in [6.45, 7) is 0. The third-order valence-corrected chi connectivity index (χ3v) is 5.42. The quantitative estimate of drug-likeness (QED) is 0.614. The molecule has 4 rings (SSSR count). The molecule has 6 heteroatoms. The van der Waals surface area contributed by atoms with Gasteiger partial charge in [-0.3, -0.25) is 4.57 Å². The van der Waals surface area contributed by atoms with Crippen LogP contribution in [0.2, 0.25) is 0 Å². The molecule has 0 saturated carbocycles. The number of fused-ring (bicyclic) bond motifs is 2. The zero-order chi connectivity index (χ0) is 17.6. The summed E-state index contributed by atoms with van der Waals surface area (Å²) >= 11 is 1.66. The van der Waals surface area contributed by atoms with Gasteiger partial charge in [0.1, 0.15) is 0 Å². The van der Waals surface area contributed by atoms with Crippen molar-refractivity contribution < 1.29 is 4.42 Å². The van der Waals surface area contributed by atoms with Gasteiger partial charge in [0.25, 0.3) is 0 Å². The summed E-state index contributed by atoms with van der Waals surface area (Å²) < 4.78 is 7.85. The first-order valence-electron chi connectivity index (χ1n) is 7.83. The van der Waals surface area contributed by atoms with Gasteiger partial charge in [0, 0.05) is 23.0 Å². The summed E-state index contributed by atoms with van der Waals surface area (Å²) in [6, 6.07) is 15.7. The van der Waals surface area contributed by atoms with E-state index in [4.69, 9.17) is 15.4 Å². The normalized spacial score (nSPS) is 12.5. The van der Waals surface area contributed by atoms with Crippen LogP contribution in [0.25, 0.3) is 32.3 Å². The Kier molecular flexibility index (Phi) is 3.68. The van der Waals surface area contributed by atoms with Gasteiger partial charge in [-0.15, -0.1) is 11.3 Å². The van der Waals surface area contributed by atoms with Crippen molar-refractivity contribution in [3.05, 3.63) is 57.9 Å². The summed E-state index contributed by atoms with van der Waals surface area (Å²) in [5.74, 6) is -0.362. The Hall–Kier alpha value is -2.88. The average molecular weight is 349 g/mol. The molecule has 4 aromatic rings. The number of nitriles is 1. The van der Waals surface area contributed by atoms with Gasteiger partial charge in [0.05, 0.1) is 17.6 Å². The highest BCUT2D eigenvalue weighted by Crippen LogP contribution is 2.31. The largest absolute Gasteiger partial charge is 0.419 e. The average Bonchev–Trinajstić information content (AvgIpc) is 3.14. The monoisotopic (exact) mass is 349 g/mol.